The van der Waals surface area contributed by atoms with Crippen LogP contribution < -0.4 is 0 Å². The molecule has 3 saturated carbocycles. The number of fused-ring (bicyclic) bond motifs is 4. The molecule has 0 spiro atoms. The molecule has 0 heterocycles. The van der Waals surface area contributed by atoms with Crippen LogP contribution in [0.1, 0.15) is 125 Å². The molecule has 1 heteroatoms. The van der Waals surface area contributed by atoms with Crippen LogP contribution in [0.3, 0.4) is 0 Å². The van der Waals surface area contributed by atoms with Crippen molar-refractivity contribution >= 4 is 0 Å². The first kappa shape index (κ1) is 22.9. The van der Waals surface area contributed by atoms with Crippen LogP contribution in [0.15, 0.2) is 11.1 Å². The van der Waals surface area contributed by atoms with Crippen molar-refractivity contribution in [2.45, 2.75) is 131 Å². The van der Waals surface area contributed by atoms with Gasteiger partial charge in [0.25, 0.3) is 0 Å². The first-order valence-electron chi connectivity index (χ1n) is 13.7. The lowest BCUT2D eigenvalue weighted by molar-refractivity contribution is -0.0381. The lowest BCUT2D eigenvalue weighted by atomic mass is 9.49. The summed E-state index contributed by atoms with van der Waals surface area (Å²) in [5.74, 6) is 4.31. The Bertz CT molecular complexity index is 634. The van der Waals surface area contributed by atoms with Gasteiger partial charge in [-0.05, 0) is 98.2 Å². The van der Waals surface area contributed by atoms with E-state index in [9.17, 15) is 5.11 Å². The second-order valence-corrected chi connectivity index (χ2v) is 12.6. The Hall–Kier alpha value is -0.300. The maximum Gasteiger partial charge on any atom is 0.0543 e. The first-order chi connectivity index (χ1) is 14.3. The van der Waals surface area contributed by atoms with E-state index >= 15 is 0 Å². The molecule has 0 aromatic heterocycles. The molecule has 4 rings (SSSR count). The lowest BCUT2D eigenvalue weighted by Crippen LogP contribution is -2.48. The third-order valence-electron chi connectivity index (χ3n) is 10.9. The number of rotatable bonds is 7. The van der Waals surface area contributed by atoms with Crippen LogP contribution >= 0.6 is 0 Å². The second kappa shape index (κ2) is 8.92. The highest BCUT2D eigenvalue weighted by atomic mass is 16.3. The summed E-state index contributed by atoms with van der Waals surface area (Å²) in [7, 11) is 0. The minimum Gasteiger partial charge on any atom is -0.393 e. The van der Waals surface area contributed by atoms with Gasteiger partial charge in [0.05, 0.1) is 6.10 Å². The Morgan fingerprint density at radius 1 is 0.967 bits per heavy atom. The quantitative estimate of drug-likeness (QED) is 0.415. The largest absolute Gasteiger partial charge is 0.393 e. The number of allylic oxidation sites excluding steroid dienone is 2. The van der Waals surface area contributed by atoms with E-state index in [2.05, 4.69) is 34.6 Å². The van der Waals surface area contributed by atoms with E-state index in [-0.39, 0.29) is 6.10 Å². The summed E-state index contributed by atoms with van der Waals surface area (Å²) in [4.78, 5) is 0. The molecule has 4 aliphatic rings. The van der Waals surface area contributed by atoms with Crippen LogP contribution in [0, 0.1) is 40.4 Å². The molecule has 0 aromatic rings. The number of hydrogen-bond acceptors (Lipinski definition) is 1. The van der Waals surface area contributed by atoms with Gasteiger partial charge in [-0.15, -0.1) is 0 Å². The molecule has 8 atom stereocenters. The van der Waals surface area contributed by atoms with Crippen molar-refractivity contribution in [3.63, 3.8) is 0 Å². The van der Waals surface area contributed by atoms with Crippen LogP contribution in [0.2, 0.25) is 0 Å². The molecule has 2 unspecified atom stereocenters. The third-order valence-corrected chi connectivity index (χ3v) is 10.9. The van der Waals surface area contributed by atoms with E-state index in [1.165, 1.54) is 77.0 Å². The van der Waals surface area contributed by atoms with Crippen LogP contribution in [-0.4, -0.2) is 11.2 Å². The van der Waals surface area contributed by atoms with Crippen molar-refractivity contribution in [2.24, 2.45) is 40.4 Å². The topological polar surface area (TPSA) is 20.2 Å². The van der Waals surface area contributed by atoms with Gasteiger partial charge in [-0.3, -0.25) is 0 Å². The number of aliphatic hydroxyl groups excluding tert-OH is 1. The predicted molar refractivity (Wildman–Crippen MR) is 128 cm³/mol. The van der Waals surface area contributed by atoms with Crippen LogP contribution in [-0.2, 0) is 0 Å². The Balaban J connectivity index is 1.46. The molecule has 4 aliphatic carbocycles. The average Bonchev–Trinajstić information content (AvgIpc) is 3.06. The molecular weight excluding hydrogens is 364 g/mol. The van der Waals surface area contributed by atoms with Crippen molar-refractivity contribution in [2.75, 3.05) is 0 Å². The molecular formula is C29H50O. The van der Waals surface area contributed by atoms with Gasteiger partial charge in [-0.2, -0.15) is 0 Å². The Morgan fingerprint density at radius 3 is 2.53 bits per heavy atom. The van der Waals surface area contributed by atoms with E-state index < -0.39 is 0 Å². The molecule has 172 valence electrons. The maximum atomic E-state index is 10.3. The fourth-order valence-corrected chi connectivity index (χ4v) is 9.05. The highest BCUT2D eigenvalue weighted by Crippen LogP contribution is 2.65. The maximum absolute atomic E-state index is 10.3. The van der Waals surface area contributed by atoms with Gasteiger partial charge in [-0.25, -0.2) is 0 Å². The minimum absolute atomic E-state index is 0.0251. The molecule has 0 aliphatic heterocycles. The van der Waals surface area contributed by atoms with Crippen LogP contribution in [0.5, 0.6) is 0 Å². The predicted octanol–water partition coefficient (Wildman–Crippen LogP) is 8.31. The van der Waals surface area contributed by atoms with Gasteiger partial charge < -0.3 is 5.11 Å². The molecule has 0 bridgehead atoms. The Morgan fingerprint density at radius 2 is 1.77 bits per heavy atom. The first-order valence-corrected chi connectivity index (χ1v) is 13.7. The van der Waals surface area contributed by atoms with Crippen molar-refractivity contribution in [3.05, 3.63) is 11.1 Å². The third kappa shape index (κ3) is 3.95. The molecule has 0 radical (unpaired) electrons. The van der Waals surface area contributed by atoms with Crippen molar-refractivity contribution in [3.8, 4) is 0 Å². The average molecular weight is 415 g/mol. The molecule has 1 N–H and O–H groups in total. The Kier molecular flexibility index (Phi) is 6.80. The van der Waals surface area contributed by atoms with Crippen molar-refractivity contribution in [1.82, 2.24) is 0 Å². The Labute approximate surface area is 187 Å². The molecule has 3 fully saturated rings. The SMILES string of the molecule is CCCC(C)CCC[C@@H](C)[C@H]1CCC2=C3CCC4C[C@@H](O)CC[C@]4(C)[C@H]3CC[C@@]21C. The van der Waals surface area contributed by atoms with E-state index in [0.717, 1.165) is 42.4 Å². The van der Waals surface area contributed by atoms with Gasteiger partial charge in [-0.1, -0.05) is 77.9 Å². The normalized spacial score (nSPS) is 43.0. The summed E-state index contributed by atoms with van der Waals surface area (Å²) in [6, 6.07) is 0. The van der Waals surface area contributed by atoms with Crippen LogP contribution in [0.4, 0.5) is 0 Å². The summed E-state index contributed by atoms with van der Waals surface area (Å²) in [6.07, 6.45) is 18.8. The molecule has 1 nitrogen and oxygen atoms in total. The summed E-state index contributed by atoms with van der Waals surface area (Å²) < 4.78 is 0. The van der Waals surface area contributed by atoms with Crippen molar-refractivity contribution < 1.29 is 5.11 Å². The summed E-state index contributed by atoms with van der Waals surface area (Å²) in [5, 5.41) is 10.3. The summed E-state index contributed by atoms with van der Waals surface area (Å²) in [5.41, 5.74) is 4.82. The molecule has 0 saturated heterocycles. The van der Waals surface area contributed by atoms with Gasteiger partial charge in [0.1, 0.15) is 0 Å². The zero-order valence-electron chi connectivity index (χ0n) is 20.8. The van der Waals surface area contributed by atoms with Gasteiger partial charge in [0.2, 0.25) is 0 Å². The zero-order chi connectivity index (χ0) is 21.5. The van der Waals surface area contributed by atoms with Crippen LogP contribution in [0.25, 0.3) is 0 Å². The number of hydrogen-bond donors (Lipinski definition) is 1. The lowest BCUT2D eigenvalue weighted by Gasteiger charge is -2.56. The van der Waals surface area contributed by atoms with Gasteiger partial charge >= 0.3 is 0 Å². The van der Waals surface area contributed by atoms with E-state index in [0.29, 0.717) is 10.8 Å². The highest BCUT2D eigenvalue weighted by molar-refractivity contribution is 5.34. The van der Waals surface area contributed by atoms with Gasteiger partial charge in [0.15, 0.2) is 0 Å². The molecule has 0 amide bonds. The fraction of sp³-hybridized carbons (Fsp3) is 0.931. The van der Waals surface area contributed by atoms with Crippen molar-refractivity contribution in [1.29, 1.82) is 0 Å². The highest BCUT2D eigenvalue weighted by Gasteiger charge is 2.55. The standard InChI is InChI=1S/C29H50O/c1-6-8-20(2)9-7-10-21(3)25-13-14-26-24-12-11-22-19-23(30)15-17-28(22,4)27(24)16-18-29(25,26)5/h20-23,25,27,30H,6-19H2,1-5H3/t20?,21-,22?,23+,25-,27+,28+,29-/m1/s1. The van der Waals surface area contributed by atoms with Gasteiger partial charge in [0, 0.05) is 0 Å². The monoisotopic (exact) mass is 414 g/mol. The summed E-state index contributed by atoms with van der Waals surface area (Å²) >= 11 is 0. The van der Waals surface area contributed by atoms with E-state index in [4.69, 9.17) is 0 Å². The van der Waals surface area contributed by atoms with E-state index in [1.54, 1.807) is 0 Å². The zero-order valence-corrected chi connectivity index (χ0v) is 20.8. The second-order valence-electron chi connectivity index (χ2n) is 12.6. The fourth-order valence-electron chi connectivity index (χ4n) is 9.05. The minimum atomic E-state index is -0.0251. The smallest absolute Gasteiger partial charge is 0.0543 e. The van der Waals surface area contributed by atoms with E-state index in [1.807, 2.05) is 11.1 Å². The summed E-state index contributed by atoms with van der Waals surface area (Å²) in [6.45, 7) is 12.6. The molecule has 0 aromatic carbocycles. The molecule has 30 heavy (non-hydrogen) atoms. The number of aliphatic hydroxyl groups is 1.